The molecule has 0 spiro atoms. The molecule has 0 fully saturated rings. The minimum Gasteiger partial charge on any atom is -0.445 e. The van der Waals surface area contributed by atoms with E-state index in [1.165, 1.54) is 23.3 Å². The van der Waals surface area contributed by atoms with Gasteiger partial charge in [-0.1, -0.05) is 18.2 Å². The van der Waals surface area contributed by atoms with E-state index in [1.54, 1.807) is 30.5 Å². The van der Waals surface area contributed by atoms with Gasteiger partial charge >= 0.3 is 0 Å². The summed E-state index contributed by atoms with van der Waals surface area (Å²) in [5.41, 5.74) is 1.98. The fraction of sp³-hybridized carbons (Fsp3) is 0. The maximum atomic E-state index is 12.6. The summed E-state index contributed by atoms with van der Waals surface area (Å²) in [5.74, 6) is 0.476. The van der Waals surface area contributed by atoms with Crippen LogP contribution in [0.25, 0.3) is 17.1 Å². The Bertz CT molecular complexity index is 1100. The van der Waals surface area contributed by atoms with Gasteiger partial charge in [0.2, 0.25) is 5.89 Å². The van der Waals surface area contributed by atoms with Gasteiger partial charge in [-0.3, -0.25) is 4.72 Å². The van der Waals surface area contributed by atoms with Crippen LogP contribution in [0.15, 0.2) is 88.8 Å². The number of sulfonamides is 1. The Kier molecular flexibility index (Phi) is 4.02. The van der Waals surface area contributed by atoms with Crippen molar-refractivity contribution < 1.29 is 12.8 Å². The Labute approximate surface area is 150 Å². The van der Waals surface area contributed by atoms with Gasteiger partial charge in [-0.15, -0.1) is 0 Å². The summed E-state index contributed by atoms with van der Waals surface area (Å²) in [5, 5.41) is 4.12. The van der Waals surface area contributed by atoms with E-state index in [9.17, 15) is 8.42 Å². The second kappa shape index (κ2) is 6.49. The number of aromatic nitrogens is 3. The molecule has 0 atom stereocenters. The van der Waals surface area contributed by atoms with E-state index >= 15 is 0 Å². The van der Waals surface area contributed by atoms with Crippen molar-refractivity contribution in [3.05, 3.63) is 79.5 Å². The number of benzene rings is 2. The molecule has 4 rings (SSSR count). The number of oxazole rings is 1. The normalized spacial score (nSPS) is 11.4. The van der Waals surface area contributed by atoms with Crippen LogP contribution >= 0.6 is 0 Å². The van der Waals surface area contributed by atoms with Crippen molar-refractivity contribution in [1.29, 1.82) is 0 Å². The average molecular weight is 366 g/mol. The molecule has 0 amide bonds. The van der Waals surface area contributed by atoms with Crippen molar-refractivity contribution in [3.63, 3.8) is 0 Å². The highest BCUT2D eigenvalue weighted by Crippen LogP contribution is 2.22. The third-order valence-electron chi connectivity index (χ3n) is 3.71. The monoisotopic (exact) mass is 366 g/mol. The molecule has 0 aliphatic heterocycles. The van der Waals surface area contributed by atoms with Gasteiger partial charge in [0.1, 0.15) is 11.2 Å². The summed E-state index contributed by atoms with van der Waals surface area (Å²) >= 11 is 0. The minimum atomic E-state index is -3.74. The second-order valence-electron chi connectivity index (χ2n) is 5.48. The molecule has 0 saturated carbocycles. The lowest BCUT2D eigenvalue weighted by atomic mass is 10.2. The first-order valence-corrected chi connectivity index (χ1v) is 9.23. The van der Waals surface area contributed by atoms with Crippen LogP contribution in [0.4, 0.5) is 5.69 Å². The summed E-state index contributed by atoms with van der Waals surface area (Å²) < 4.78 is 34.4. The lowest BCUT2D eigenvalue weighted by molar-refractivity contribution is 0.574. The molecule has 7 nitrogen and oxygen atoms in total. The number of para-hydroxylation sites is 1. The molecule has 4 aromatic rings. The minimum absolute atomic E-state index is 0.0816. The molecular weight excluding hydrogens is 352 g/mol. The van der Waals surface area contributed by atoms with Crippen LogP contribution in [-0.2, 0) is 10.0 Å². The zero-order valence-electron chi connectivity index (χ0n) is 13.5. The van der Waals surface area contributed by atoms with Crippen molar-refractivity contribution in [2.24, 2.45) is 0 Å². The zero-order chi connectivity index (χ0) is 18.0. The van der Waals surface area contributed by atoms with Crippen LogP contribution in [0.2, 0.25) is 0 Å². The molecule has 0 aliphatic carbocycles. The average Bonchev–Trinajstić information content (AvgIpc) is 3.35. The molecule has 0 aliphatic rings. The fourth-order valence-electron chi connectivity index (χ4n) is 2.43. The third-order valence-corrected chi connectivity index (χ3v) is 5.04. The number of anilines is 1. The van der Waals surface area contributed by atoms with Gasteiger partial charge in [0.25, 0.3) is 10.0 Å². The maximum Gasteiger partial charge on any atom is 0.265 e. The second-order valence-corrected chi connectivity index (χ2v) is 7.16. The van der Waals surface area contributed by atoms with Crippen LogP contribution in [0, 0.1) is 0 Å². The molecule has 0 unspecified atom stereocenters. The van der Waals surface area contributed by atoms with Gasteiger partial charge in [-0.25, -0.2) is 18.1 Å². The molecule has 0 bridgehead atoms. The standard InChI is InChI=1S/C18H14N4O3S/c23-26(24,17-12-20-22(13-17)16-4-2-1-3-5-16)21-15-8-6-14(7-9-15)18-19-10-11-25-18/h1-13,21H. The lowest BCUT2D eigenvalue weighted by Gasteiger charge is -2.06. The van der Waals surface area contributed by atoms with Crippen molar-refractivity contribution in [2.45, 2.75) is 4.90 Å². The molecule has 2 aromatic heterocycles. The quantitative estimate of drug-likeness (QED) is 0.585. The first-order chi connectivity index (χ1) is 12.6. The Morgan fingerprint density at radius 1 is 1.00 bits per heavy atom. The SMILES string of the molecule is O=S(=O)(Nc1ccc(-c2ncco2)cc1)c1cnn(-c2ccccc2)c1. The predicted molar refractivity (Wildman–Crippen MR) is 96.3 cm³/mol. The van der Waals surface area contributed by atoms with Gasteiger partial charge in [0.15, 0.2) is 0 Å². The summed E-state index contributed by atoms with van der Waals surface area (Å²) in [7, 11) is -3.74. The van der Waals surface area contributed by atoms with Crippen LogP contribution in [-0.4, -0.2) is 23.2 Å². The first kappa shape index (κ1) is 16.1. The Balaban J connectivity index is 1.55. The highest BCUT2D eigenvalue weighted by molar-refractivity contribution is 7.92. The number of nitrogens with zero attached hydrogens (tertiary/aromatic N) is 3. The molecule has 2 heterocycles. The molecule has 0 saturated heterocycles. The molecule has 0 radical (unpaired) electrons. The predicted octanol–water partition coefficient (Wildman–Crippen LogP) is 3.33. The molecule has 8 heteroatoms. The first-order valence-electron chi connectivity index (χ1n) is 7.75. The van der Waals surface area contributed by atoms with Gasteiger partial charge in [0, 0.05) is 11.3 Å². The van der Waals surface area contributed by atoms with Crippen LogP contribution in [0.3, 0.4) is 0 Å². The zero-order valence-corrected chi connectivity index (χ0v) is 14.3. The van der Waals surface area contributed by atoms with Gasteiger partial charge in [-0.05, 0) is 36.4 Å². The van der Waals surface area contributed by atoms with Crippen molar-refractivity contribution in [2.75, 3.05) is 4.72 Å². The largest absolute Gasteiger partial charge is 0.445 e. The topological polar surface area (TPSA) is 90.0 Å². The molecule has 26 heavy (non-hydrogen) atoms. The van der Waals surface area contributed by atoms with E-state index in [0.717, 1.165) is 11.3 Å². The third kappa shape index (κ3) is 3.22. The van der Waals surface area contributed by atoms with E-state index in [4.69, 9.17) is 4.42 Å². The summed E-state index contributed by atoms with van der Waals surface area (Å²) in [6, 6.07) is 16.1. The number of hydrogen-bond acceptors (Lipinski definition) is 5. The summed E-state index contributed by atoms with van der Waals surface area (Å²) in [6.45, 7) is 0. The number of nitrogens with one attached hydrogen (secondary N) is 1. The Morgan fingerprint density at radius 3 is 2.46 bits per heavy atom. The van der Waals surface area contributed by atoms with E-state index in [2.05, 4.69) is 14.8 Å². The van der Waals surface area contributed by atoms with Gasteiger partial charge in [-0.2, -0.15) is 5.10 Å². The number of rotatable bonds is 5. The smallest absolute Gasteiger partial charge is 0.265 e. The van der Waals surface area contributed by atoms with E-state index in [-0.39, 0.29) is 4.90 Å². The molecule has 1 N–H and O–H groups in total. The molecule has 2 aromatic carbocycles. The molecule has 130 valence electrons. The van der Waals surface area contributed by atoms with Crippen LogP contribution in [0.5, 0.6) is 0 Å². The maximum absolute atomic E-state index is 12.6. The van der Waals surface area contributed by atoms with E-state index in [1.807, 2.05) is 30.3 Å². The van der Waals surface area contributed by atoms with Crippen molar-refractivity contribution in [3.8, 4) is 17.1 Å². The van der Waals surface area contributed by atoms with Gasteiger partial charge in [0.05, 0.1) is 24.3 Å². The van der Waals surface area contributed by atoms with Gasteiger partial charge < -0.3 is 4.42 Å². The highest BCUT2D eigenvalue weighted by Gasteiger charge is 2.17. The fourth-order valence-corrected chi connectivity index (χ4v) is 3.42. The van der Waals surface area contributed by atoms with Crippen molar-refractivity contribution >= 4 is 15.7 Å². The summed E-state index contributed by atoms with van der Waals surface area (Å²) in [6.07, 6.45) is 5.82. The lowest BCUT2D eigenvalue weighted by Crippen LogP contribution is -2.12. The summed E-state index contributed by atoms with van der Waals surface area (Å²) in [4.78, 5) is 4.14. The Hall–Kier alpha value is -3.39. The number of hydrogen-bond donors (Lipinski definition) is 1. The highest BCUT2D eigenvalue weighted by atomic mass is 32.2. The van der Waals surface area contributed by atoms with Crippen LogP contribution < -0.4 is 4.72 Å². The van der Waals surface area contributed by atoms with E-state index in [0.29, 0.717) is 11.6 Å². The molecular formula is C18H14N4O3S. The van der Waals surface area contributed by atoms with Crippen molar-refractivity contribution in [1.82, 2.24) is 14.8 Å². The van der Waals surface area contributed by atoms with E-state index < -0.39 is 10.0 Å². The van der Waals surface area contributed by atoms with Crippen LogP contribution in [0.1, 0.15) is 0 Å². The Morgan fingerprint density at radius 2 is 1.77 bits per heavy atom.